The van der Waals surface area contributed by atoms with Gasteiger partial charge in [0.1, 0.15) is 18.4 Å². The van der Waals surface area contributed by atoms with Gasteiger partial charge in [0.25, 0.3) is 5.91 Å². The topological polar surface area (TPSA) is 70.0 Å². The van der Waals surface area contributed by atoms with Crippen LogP contribution in [0.5, 0.6) is 0 Å². The summed E-state index contributed by atoms with van der Waals surface area (Å²) in [5.74, 6) is -2.08. The molecule has 140 valence electrons. The van der Waals surface area contributed by atoms with Crippen molar-refractivity contribution in [2.24, 2.45) is 10.9 Å². The Labute approximate surface area is 157 Å². The van der Waals surface area contributed by atoms with Crippen LogP contribution in [0.3, 0.4) is 0 Å². The number of benzene rings is 2. The quantitative estimate of drug-likeness (QED) is 0.878. The van der Waals surface area contributed by atoms with Gasteiger partial charge in [-0.25, -0.2) is 4.39 Å². The van der Waals surface area contributed by atoms with Crippen molar-refractivity contribution in [3.63, 3.8) is 0 Å². The first-order chi connectivity index (χ1) is 12.9. The number of carboxylic acid groups (broad SMARTS) is 1. The molecule has 0 radical (unpaired) electrons. The highest BCUT2D eigenvalue weighted by Gasteiger charge is 2.35. The zero-order chi connectivity index (χ0) is 19.6. The maximum atomic E-state index is 14.1. The second-order valence-corrected chi connectivity index (χ2v) is 6.65. The summed E-state index contributed by atoms with van der Waals surface area (Å²) >= 11 is 0. The number of anilines is 1. The van der Waals surface area contributed by atoms with Crippen LogP contribution in [0.2, 0.25) is 0 Å². The number of carbonyl (C=O) groups excluding carboxylic acids is 1. The highest BCUT2D eigenvalue weighted by molar-refractivity contribution is 6.20. The van der Waals surface area contributed by atoms with Crippen LogP contribution in [0.4, 0.5) is 10.1 Å². The average Bonchev–Trinajstić information content (AvgIpc) is 2.77. The fourth-order valence-corrected chi connectivity index (χ4v) is 3.19. The minimum absolute atomic E-state index is 0.0910. The Morgan fingerprint density at radius 2 is 1.96 bits per heavy atom. The minimum atomic E-state index is -1.13. The molecule has 1 amide bonds. The van der Waals surface area contributed by atoms with Crippen molar-refractivity contribution in [2.75, 3.05) is 11.4 Å². The molecule has 0 bridgehead atoms. The maximum Gasteiger partial charge on any atom is 0.323 e. The second-order valence-electron chi connectivity index (χ2n) is 6.65. The number of halogens is 1. The minimum Gasteiger partial charge on any atom is -0.480 e. The van der Waals surface area contributed by atoms with E-state index in [0.717, 1.165) is 5.56 Å². The molecule has 2 aromatic rings. The molecule has 5 nitrogen and oxygen atoms in total. The molecule has 1 aliphatic heterocycles. The third kappa shape index (κ3) is 3.74. The first-order valence-electron chi connectivity index (χ1n) is 8.88. The lowest BCUT2D eigenvalue weighted by Crippen LogP contribution is -2.43. The molecule has 1 aliphatic rings. The van der Waals surface area contributed by atoms with E-state index in [1.807, 2.05) is 44.2 Å². The van der Waals surface area contributed by atoms with E-state index in [1.165, 1.54) is 23.1 Å². The van der Waals surface area contributed by atoms with E-state index in [4.69, 9.17) is 4.99 Å². The fourth-order valence-electron chi connectivity index (χ4n) is 3.19. The molecule has 3 rings (SSSR count). The largest absolute Gasteiger partial charge is 0.480 e. The summed E-state index contributed by atoms with van der Waals surface area (Å²) in [5, 5.41) is 9.32. The van der Waals surface area contributed by atoms with Crippen molar-refractivity contribution >= 4 is 23.3 Å². The fraction of sp³-hybridized carbons (Fsp3) is 0.286. The summed E-state index contributed by atoms with van der Waals surface area (Å²) < 4.78 is 14.1. The van der Waals surface area contributed by atoms with Crippen LogP contribution in [-0.4, -0.2) is 35.3 Å². The molecule has 0 aromatic heterocycles. The summed E-state index contributed by atoms with van der Waals surface area (Å²) in [6.07, 6.45) is 0.702. The molecule has 0 saturated carbocycles. The number of carbonyl (C=O) groups is 2. The molecule has 0 unspecified atom stereocenters. The Morgan fingerprint density at radius 1 is 1.26 bits per heavy atom. The summed E-state index contributed by atoms with van der Waals surface area (Å²) in [6.45, 7) is 3.36. The van der Waals surface area contributed by atoms with Crippen molar-refractivity contribution in [3.05, 3.63) is 65.5 Å². The third-order valence-electron chi connectivity index (χ3n) is 4.82. The van der Waals surface area contributed by atoms with Crippen LogP contribution in [0, 0.1) is 11.7 Å². The van der Waals surface area contributed by atoms with Crippen molar-refractivity contribution in [1.29, 1.82) is 0 Å². The van der Waals surface area contributed by atoms with Crippen LogP contribution in [0.15, 0.2) is 53.5 Å². The Morgan fingerprint density at radius 3 is 2.59 bits per heavy atom. The number of carboxylic acids is 1. The van der Waals surface area contributed by atoms with E-state index >= 15 is 0 Å². The van der Waals surface area contributed by atoms with Gasteiger partial charge in [-0.2, -0.15) is 0 Å². The van der Waals surface area contributed by atoms with Gasteiger partial charge in [-0.3, -0.25) is 19.5 Å². The van der Waals surface area contributed by atoms with Crippen LogP contribution in [-0.2, 0) is 9.59 Å². The molecule has 6 heteroatoms. The number of fused-ring (bicyclic) bond motifs is 1. The summed E-state index contributed by atoms with van der Waals surface area (Å²) in [5.41, 5.74) is 2.03. The number of aliphatic carboxylic acids is 1. The first-order valence-corrected chi connectivity index (χ1v) is 8.88. The Bertz CT molecular complexity index is 896. The Kier molecular flexibility index (Phi) is 5.35. The van der Waals surface area contributed by atoms with Gasteiger partial charge >= 0.3 is 5.97 Å². The van der Waals surface area contributed by atoms with Gasteiger partial charge in [0, 0.05) is 11.1 Å². The highest BCUT2D eigenvalue weighted by Crippen LogP contribution is 2.31. The van der Waals surface area contributed by atoms with Crippen LogP contribution >= 0.6 is 0 Å². The summed E-state index contributed by atoms with van der Waals surface area (Å²) in [4.78, 5) is 30.5. The van der Waals surface area contributed by atoms with Crippen molar-refractivity contribution in [1.82, 2.24) is 0 Å². The first kappa shape index (κ1) is 18.8. The van der Waals surface area contributed by atoms with E-state index in [1.54, 1.807) is 0 Å². The number of amides is 1. The van der Waals surface area contributed by atoms with E-state index in [0.29, 0.717) is 23.4 Å². The lowest BCUT2D eigenvalue weighted by atomic mass is 9.98. The number of benzodiazepines with no additional fused rings is 1. The van der Waals surface area contributed by atoms with Gasteiger partial charge in [0.05, 0.1) is 11.4 Å². The normalized spacial score (nSPS) is 17.7. The van der Waals surface area contributed by atoms with Gasteiger partial charge in [-0.05, 0) is 24.1 Å². The van der Waals surface area contributed by atoms with E-state index in [2.05, 4.69) is 0 Å². The smallest absolute Gasteiger partial charge is 0.323 e. The Hall–Kier alpha value is -3.02. The van der Waals surface area contributed by atoms with Crippen LogP contribution < -0.4 is 4.90 Å². The molecule has 0 spiro atoms. The standard InChI is InChI=1S/C21H21FN2O3/c1-3-13(2)19-21(27)24(12-18(25)26)17-10-9-15(22)11-16(17)20(23-19)14-7-5-4-6-8-14/h4-11,13,19H,3,12H2,1-2H3,(H,25,26)/t13-,19-/m0/s1. The van der Waals surface area contributed by atoms with Gasteiger partial charge in [-0.1, -0.05) is 50.6 Å². The monoisotopic (exact) mass is 368 g/mol. The van der Waals surface area contributed by atoms with Gasteiger partial charge in [-0.15, -0.1) is 0 Å². The second kappa shape index (κ2) is 7.70. The van der Waals surface area contributed by atoms with Crippen molar-refractivity contribution in [3.8, 4) is 0 Å². The average molecular weight is 368 g/mol. The predicted octanol–water partition coefficient (Wildman–Crippen LogP) is 3.51. The van der Waals surface area contributed by atoms with Crippen molar-refractivity contribution in [2.45, 2.75) is 26.3 Å². The van der Waals surface area contributed by atoms with Gasteiger partial charge in [0.2, 0.25) is 0 Å². The summed E-state index contributed by atoms with van der Waals surface area (Å²) in [6, 6.07) is 12.5. The SMILES string of the molecule is CC[C@H](C)[C@@H]1N=C(c2ccccc2)c2cc(F)ccc2N(CC(=O)O)C1=O. The molecule has 2 atom stereocenters. The van der Waals surface area contributed by atoms with Crippen LogP contribution in [0.25, 0.3) is 0 Å². The molecule has 0 fully saturated rings. The number of hydrogen-bond acceptors (Lipinski definition) is 3. The van der Waals surface area contributed by atoms with Gasteiger partial charge in [0.15, 0.2) is 0 Å². The third-order valence-corrected chi connectivity index (χ3v) is 4.82. The van der Waals surface area contributed by atoms with Crippen molar-refractivity contribution < 1.29 is 19.1 Å². The molecular formula is C21H21FN2O3. The number of aliphatic imine (C=N–C) groups is 1. The molecule has 0 saturated heterocycles. The van der Waals surface area contributed by atoms with Crippen LogP contribution in [0.1, 0.15) is 31.4 Å². The molecule has 1 heterocycles. The van der Waals surface area contributed by atoms with Gasteiger partial charge < -0.3 is 5.11 Å². The molecule has 2 aromatic carbocycles. The number of nitrogens with zero attached hydrogens (tertiary/aromatic N) is 2. The maximum absolute atomic E-state index is 14.1. The van der Waals surface area contributed by atoms with E-state index in [-0.39, 0.29) is 11.8 Å². The summed E-state index contributed by atoms with van der Waals surface area (Å²) in [7, 11) is 0. The molecular weight excluding hydrogens is 347 g/mol. The van der Waals surface area contributed by atoms with E-state index < -0.39 is 24.4 Å². The Balaban J connectivity index is 2.27. The van der Waals surface area contributed by atoms with E-state index in [9.17, 15) is 19.1 Å². The number of hydrogen-bond donors (Lipinski definition) is 1. The molecule has 0 aliphatic carbocycles. The lowest BCUT2D eigenvalue weighted by Gasteiger charge is -2.25. The predicted molar refractivity (Wildman–Crippen MR) is 102 cm³/mol. The lowest BCUT2D eigenvalue weighted by molar-refractivity contribution is -0.136. The highest BCUT2D eigenvalue weighted by atomic mass is 19.1. The molecule has 1 N–H and O–H groups in total. The zero-order valence-electron chi connectivity index (χ0n) is 15.2. The molecule has 27 heavy (non-hydrogen) atoms. The zero-order valence-corrected chi connectivity index (χ0v) is 15.2. The number of rotatable bonds is 5.